The van der Waals surface area contributed by atoms with E-state index in [4.69, 9.17) is 12.6 Å². The van der Waals surface area contributed by atoms with E-state index in [-0.39, 0.29) is 44.5 Å². The van der Waals surface area contributed by atoms with E-state index in [0.717, 1.165) is 36.8 Å². The van der Waals surface area contributed by atoms with Crippen LogP contribution in [0.3, 0.4) is 0 Å². The van der Waals surface area contributed by atoms with Gasteiger partial charge in [0, 0.05) is 74.1 Å². The quantitative estimate of drug-likeness (QED) is 0.116. The van der Waals surface area contributed by atoms with Crippen LogP contribution in [0.2, 0.25) is 0 Å². The van der Waals surface area contributed by atoms with Crippen LogP contribution in [0.4, 0.5) is 4.39 Å². The molecule has 0 bridgehead atoms. The first-order chi connectivity index (χ1) is 37.6. The maximum atomic E-state index is 16.1. The fourth-order valence-corrected chi connectivity index (χ4v) is 6.92. The number of hydrogen-bond acceptors (Lipinski definition) is 4. The van der Waals surface area contributed by atoms with Crippen LogP contribution in [0.5, 0.6) is 0 Å². The van der Waals surface area contributed by atoms with Crippen LogP contribution in [0, 0.1) is 5.82 Å². The molecule has 10 aromatic rings. The zero-order valence-electron chi connectivity index (χ0n) is 50.6. The van der Waals surface area contributed by atoms with Crippen LogP contribution in [0.1, 0.15) is 58.1 Å². The van der Waals surface area contributed by atoms with Crippen molar-refractivity contribution in [1.29, 1.82) is 0 Å². The molecule has 0 aliphatic heterocycles. The van der Waals surface area contributed by atoms with Gasteiger partial charge in [0.05, 0.1) is 25.3 Å². The van der Waals surface area contributed by atoms with Crippen molar-refractivity contribution in [1.82, 2.24) is 15.0 Å². The molecule has 0 saturated carbocycles. The summed E-state index contributed by atoms with van der Waals surface area (Å²) in [5.74, 6) is -1.20. The third kappa shape index (κ3) is 8.57. The van der Waals surface area contributed by atoms with E-state index in [1.54, 1.807) is 66.7 Å². The molecular formula is C57H44FN3O. The Labute approximate surface area is 386 Å². The van der Waals surface area contributed by atoms with Gasteiger partial charge in [-0.1, -0.05) is 139 Å². The smallest absolute Gasteiger partial charge is 0.144 e. The molecule has 6 aromatic carbocycles. The van der Waals surface area contributed by atoms with E-state index in [9.17, 15) is 16.4 Å². The molecule has 0 radical (unpaired) electrons. The summed E-state index contributed by atoms with van der Waals surface area (Å²) in [7, 11) is 0. The number of hydrogen-bond donors (Lipinski definition) is 0. The van der Waals surface area contributed by atoms with Crippen molar-refractivity contribution in [2.24, 2.45) is 0 Å². The number of pyridine rings is 3. The molecule has 0 aliphatic rings. The molecule has 10 rings (SSSR count). The van der Waals surface area contributed by atoms with Crippen LogP contribution in [0.25, 0.3) is 66.8 Å². The molecule has 0 atom stereocenters. The first-order valence-electron chi connectivity index (χ1n) is 28.5. The van der Waals surface area contributed by atoms with Crippen LogP contribution < -0.4 is 0 Å². The summed E-state index contributed by atoms with van der Waals surface area (Å²) >= 11 is 0. The number of fused-ring (bicyclic) bond motifs is 3. The maximum absolute atomic E-state index is 16.1. The molecule has 0 spiro atoms. The standard InChI is InChI=1S/C57H44FN3O/c58-52-35-56-51(34-50(52)45-11-4-1-5-12-45)48-17-10-18-49(57(48)62-56)55-30-27-41(38-61-55)21-24-44-32-42(22-19-39-25-28-53(59-36-39)46-13-6-2-7-14-46)31-43(33-44)23-20-40-26-29-54(60-37-40)47-15-8-3-9-16-47/h1-18,25-38H,19-24H2/i1D,4D,5D,11D,12D,19D2,20D2,21D2,22D2,23D2,24D2,35D. The Morgan fingerprint density at radius 1 is 0.452 bits per heavy atom. The number of para-hydroxylation sites is 1. The highest BCUT2D eigenvalue weighted by Gasteiger charge is 2.17. The predicted octanol–water partition coefficient (Wildman–Crippen LogP) is 13.9. The predicted molar refractivity (Wildman–Crippen MR) is 250 cm³/mol. The Bertz CT molecular complexity index is 3870. The summed E-state index contributed by atoms with van der Waals surface area (Å²) in [4.78, 5) is 13.2. The second-order valence-electron chi connectivity index (χ2n) is 14.1. The van der Waals surface area contributed by atoms with Gasteiger partial charge in [-0.05, 0) is 108 Å². The van der Waals surface area contributed by atoms with Gasteiger partial charge in [0.1, 0.15) is 17.0 Å². The summed E-state index contributed by atoms with van der Waals surface area (Å²) < 4.78 is 185. The number of rotatable bonds is 13. The molecule has 0 amide bonds. The fraction of sp³-hybridized carbons (Fsp3) is 0.105. The van der Waals surface area contributed by atoms with Gasteiger partial charge in [-0.2, -0.15) is 0 Å². The number of aromatic nitrogens is 3. The molecule has 0 fully saturated rings. The highest BCUT2D eigenvalue weighted by Crippen LogP contribution is 2.38. The molecule has 4 nitrogen and oxygen atoms in total. The van der Waals surface area contributed by atoms with Gasteiger partial charge in [0.2, 0.25) is 0 Å². The monoisotopic (exact) mass is 823 g/mol. The molecule has 0 N–H and O–H groups in total. The third-order valence-corrected chi connectivity index (χ3v) is 9.96. The minimum atomic E-state index is -3.23. The summed E-state index contributed by atoms with van der Waals surface area (Å²) in [6.07, 6.45) is -15.2. The Morgan fingerprint density at radius 2 is 0.952 bits per heavy atom. The summed E-state index contributed by atoms with van der Waals surface area (Å²) in [5.41, 5.74) is -1.03. The number of halogens is 1. The number of benzene rings is 6. The lowest BCUT2D eigenvalue weighted by molar-refractivity contribution is 0.621. The minimum absolute atomic E-state index is 0.0886. The summed E-state index contributed by atoms with van der Waals surface area (Å²) in [5, 5.41) is 0.491. The average molecular weight is 824 g/mol. The Hall–Kier alpha value is -7.50. The van der Waals surface area contributed by atoms with E-state index in [1.165, 1.54) is 42.5 Å². The van der Waals surface area contributed by atoms with E-state index in [0.29, 0.717) is 27.9 Å². The molecule has 0 aliphatic carbocycles. The van der Waals surface area contributed by atoms with Gasteiger partial charge in [-0.25, -0.2) is 4.39 Å². The fourth-order valence-electron chi connectivity index (χ4n) is 6.92. The normalized spacial score (nSPS) is 17.0. The number of furan rings is 1. The van der Waals surface area contributed by atoms with Crippen molar-refractivity contribution in [3.63, 3.8) is 0 Å². The van der Waals surface area contributed by atoms with Crippen molar-refractivity contribution < 1.29 is 33.5 Å². The summed E-state index contributed by atoms with van der Waals surface area (Å²) in [6, 6.07) is 30.8. The van der Waals surface area contributed by atoms with Gasteiger partial charge in [-0.15, -0.1) is 0 Å². The zero-order chi connectivity index (χ0) is 57.6. The number of aryl methyl sites for hydroxylation is 6. The van der Waals surface area contributed by atoms with Crippen molar-refractivity contribution in [2.45, 2.75) is 38.2 Å². The van der Waals surface area contributed by atoms with Crippen LogP contribution in [0.15, 0.2) is 199 Å². The maximum Gasteiger partial charge on any atom is 0.144 e. The average Bonchev–Trinajstić information content (AvgIpc) is 3.91. The van der Waals surface area contributed by atoms with Gasteiger partial charge >= 0.3 is 0 Å². The van der Waals surface area contributed by atoms with E-state index < -0.39 is 108 Å². The molecule has 5 heteroatoms. The highest BCUT2D eigenvalue weighted by molar-refractivity contribution is 6.10. The van der Waals surface area contributed by atoms with Gasteiger partial charge in [-0.3, -0.25) is 15.0 Å². The van der Waals surface area contributed by atoms with Crippen molar-refractivity contribution in [3.8, 4) is 44.9 Å². The molecule has 0 unspecified atom stereocenters. The first-order valence-corrected chi connectivity index (χ1v) is 19.5. The molecule has 4 aromatic heterocycles. The largest absolute Gasteiger partial charge is 0.455 e. The van der Waals surface area contributed by atoms with Crippen LogP contribution in [-0.4, -0.2) is 15.0 Å². The Balaban J connectivity index is 1.05. The summed E-state index contributed by atoms with van der Waals surface area (Å²) in [6.45, 7) is 0. The lowest BCUT2D eigenvalue weighted by Crippen LogP contribution is -2.00. The second kappa shape index (κ2) is 17.6. The van der Waals surface area contributed by atoms with Gasteiger partial charge < -0.3 is 4.42 Å². The van der Waals surface area contributed by atoms with Crippen LogP contribution in [-0.2, 0) is 38.2 Å². The second-order valence-corrected chi connectivity index (χ2v) is 14.1. The topological polar surface area (TPSA) is 51.8 Å². The zero-order valence-corrected chi connectivity index (χ0v) is 32.6. The van der Waals surface area contributed by atoms with E-state index in [1.807, 2.05) is 12.1 Å². The third-order valence-electron chi connectivity index (χ3n) is 9.96. The lowest BCUT2D eigenvalue weighted by Gasteiger charge is -2.12. The molecule has 4 heterocycles. The SMILES string of the molecule is [2H]c1c([2H])c([2H])c(-c2cc3c(oc4c(-c5ccc(C([2H])([2H])C([2H])([2H])c6cc(C([2H])([2H])C([2H])([2H])c7ccc(-c8ccccc8)nc7)cc(C([2H])([2H])C([2H])([2H])c7ccc(-c8ccccc8)nc7)c6)cn5)cccc43)c([2H])c2F)c([2H])c1[2H]. The van der Waals surface area contributed by atoms with Crippen molar-refractivity contribution >= 4 is 21.9 Å². The lowest BCUT2D eigenvalue weighted by atomic mass is 9.94. The minimum Gasteiger partial charge on any atom is -0.455 e. The van der Waals surface area contributed by atoms with Crippen LogP contribution >= 0.6 is 0 Å². The van der Waals surface area contributed by atoms with E-state index in [2.05, 4.69) is 15.0 Å². The highest BCUT2D eigenvalue weighted by atomic mass is 19.1. The first kappa shape index (κ1) is 23.5. The van der Waals surface area contributed by atoms with Crippen molar-refractivity contribution in [3.05, 3.63) is 234 Å². The molecule has 300 valence electrons. The Morgan fingerprint density at radius 3 is 1.45 bits per heavy atom. The molecule has 0 saturated heterocycles. The Kier molecular flexibility index (Phi) is 6.67. The number of nitrogens with zero attached hydrogens (tertiary/aromatic N) is 3. The van der Waals surface area contributed by atoms with Gasteiger partial charge in [0.15, 0.2) is 0 Å². The van der Waals surface area contributed by atoms with Crippen molar-refractivity contribution in [2.75, 3.05) is 0 Å². The molecular weight excluding hydrogens is 762 g/mol. The van der Waals surface area contributed by atoms with E-state index >= 15 is 4.39 Å². The van der Waals surface area contributed by atoms with Gasteiger partial charge in [0.25, 0.3) is 0 Å². The molecule has 62 heavy (non-hydrogen) atoms.